The Morgan fingerprint density at radius 3 is 1.14 bits per heavy atom. The standard InChI is InChI=1S/C52H30N4/c53-31-39-30-50(56-46-24-22-38(34-13-5-2-6-14-34)28-44(46)52-42-18-10-8-16-36(42)20-26-48(52)56)40(32-54)29-49(39)55-45-23-21-37(33-11-3-1-4-12-33)27-43(45)51-41-17-9-7-15-35(41)19-25-47(51)55/h1-30H. The summed E-state index contributed by atoms with van der Waals surface area (Å²) in [6.45, 7) is 0. The zero-order valence-corrected chi connectivity index (χ0v) is 30.1. The maximum Gasteiger partial charge on any atom is 0.101 e. The highest BCUT2D eigenvalue weighted by atomic mass is 15.0. The third-order valence-electron chi connectivity index (χ3n) is 11.4. The zero-order chi connectivity index (χ0) is 37.3. The lowest BCUT2D eigenvalue weighted by Crippen LogP contribution is -2.04. The van der Waals surface area contributed by atoms with E-state index in [9.17, 15) is 10.5 Å². The van der Waals surface area contributed by atoms with Crippen LogP contribution in [0.5, 0.6) is 0 Å². The van der Waals surface area contributed by atoms with Crippen molar-refractivity contribution in [1.29, 1.82) is 10.5 Å². The van der Waals surface area contributed by atoms with Gasteiger partial charge in [-0.25, -0.2) is 0 Å². The number of hydrogen-bond donors (Lipinski definition) is 0. The van der Waals surface area contributed by atoms with Crippen LogP contribution in [-0.2, 0) is 0 Å². The van der Waals surface area contributed by atoms with Crippen LogP contribution < -0.4 is 0 Å². The van der Waals surface area contributed by atoms with Crippen LogP contribution in [0, 0.1) is 22.7 Å². The molecule has 4 heteroatoms. The normalized spacial score (nSPS) is 11.5. The van der Waals surface area contributed by atoms with Crippen LogP contribution in [0.15, 0.2) is 182 Å². The first-order chi connectivity index (χ1) is 27.7. The Kier molecular flexibility index (Phi) is 6.95. The molecule has 0 aliphatic rings. The number of aromatic nitrogens is 2. The molecule has 0 spiro atoms. The van der Waals surface area contributed by atoms with Crippen LogP contribution in [0.1, 0.15) is 11.1 Å². The van der Waals surface area contributed by atoms with Crippen LogP contribution in [0.2, 0.25) is 0 Å². The summed E-state index contributed by atoms with van der Waals surface area (Å²) in [6, 6.07) is 68.3. The number of nitrogens with zero attached hydrogens (tertiary/aromatic N) is 4. The van der Waals surface area contributed by atoms with E-state index in [1.54, 1.807) is 0 Å². The molecule has 0 atom stereocenters. The maximum atomic E-state index is 11.0. The van der Waals surface area contributed by atoms with Crippen LogP contribution in [0.25, 0.3) is 98.8 Å². The Hall–Kier alpha value is -7.92. The van der Waals surface area contributed by atoms with Crippen molar-refractivity contribution in [3.8, 4) is 45.8 Å². The van der Waals surface area contributed by atoms with E-state index in [0.717, 1.165) is 87.4 Å². The van der Waals surface area contributed by atoms with Crippen LogP contribution in [-0.4, -0.2) is 9.13 Å². The average Bonchev–Trinajstić information content (AvgIpc) is 3.79. The predicted molar refractivity (Wildman–Crippen MR) is 230 cm³/mol. The van der Waals surface area contributed by atoms with Crippen molar-refractivity contribution >= 4 is 65.2 Å². The molecule has 0 aliphatic heterocycles. The number of hydrogen-bond acceptors (Lipinski definition) is 2. The molecule has 0 radical (unpaired) electrons. The highest BCUT2D eigenvalue weighted by Gasteiger charge is 2.23. The monoisotopic (exact) mass is 710 g/mol. The van der Waals surface area contributed by atoms with E-state index < -0.39 is 0 Å². The maximum absolute atomic E-state index is 11.0. The molecule has 0 N–H and O–H groups in total. The van der Waals surface area contributed by atoms with Gasteiger partial charge in [0.05, 0.1) is 44.6 Å². The van der Waals surface area contributed by atoms with Gasteiger partial charge in [0, 0.05) is 21.5 Å². The second-order valence-electron chi connectivity index (χ2n) is 14.3. The fourth-order valence-corrected chi connectivity index (χ4v) is 8.85. The van der Waals surface area contributed by atoms with Gasteiger partial charge in [0.2, 0.25) is 0 Å². The second-order valence-corrected chi connectivity index (χ2v) is 14.3. The van der Waals surface area contributed by atoms with Crippen molar-refractivity contribution < 1.29 is 0 Å². The van der Waals surface area contributed by atoms with Gasteiger partial charge < -0.3 is 9.13 Å². The highest BCUT2D eigenvalue weighted by molar-refractivity contribution is 6.23. The summed E-state index contributed by atoms with van der Waals surface area (Å²) in [4.78, 5) is 0. The molecule has 0 saturated heterocycles. The molecule has 11 aromatic rings. The first kappa shape index (κ1) is 31.6. The Labute approximate surface area is 322 Å². The van der Waals surface area contributed by atoms with Crippen molar-refractivity contribution in [3.63, 3.8) is 0 Å². The van der Waals surface area contributed by atoms with Crippen molar-refractivity contribution in [3.05, 3.63) is 193 Å². The minimum absolute atomic E-state index is 0.481. The third kappa shape index (κ3) is 4.64. The molecule has 0 amide bonds. The van der Waals surface area contributed by atoms with Gasteiger partial charge >= 0.3 is 0 Å². The smallest absolute Gasteiger partial charge is 0.101 e. The molecular formula is C52H30N4. The van der Waals surface area contributed by atoms with E-state index in [1.165, 1.54) is 0 Å². The minimum atomic E-state index is 0.481. The molecule has 2 heterocycles. The summed E-state index contributed by atoms with van der Waals surface area (Å²) in [6.07, 6.45) is 0. The van der Waals surface area contributed by atoms with Crippen LogP contribution in [0.3, 0.4) is 0 Å². The molecule has 0 saturated carbocycles. The number of nitriles is 2. The van der Waals surface area contributed by atoms with Crippen LogP contribution >= 0.6 is 0 Å². The quantitative estimate of drug-likeness (QED) is 0.183. The van der Waals surface area contributed by atoms with Gasteiger partial charge in [0.15, 0.2) is 0 Å². The van der Waals surface area contributed by atoms with E-state index in [4.69, 9.17) is 0 Å². The lowest BCUT2D eigenvalue weighted by Gasteiger charge is -2.16. The zero-order valence-electron chi connectivity index (χ0n) is 30.1. The lowest BCUT2D eigenvalue weighted by atomic mass is 10.0. The average molecular weight is 711 g/mol. The van der Waals surface area contributed by atoms with E-state index in [1.807, 2.05) is 24.3 Å². The van der Waals surface area contributed by atoms with Gasteiger partial charge in [-0.2, -0.15) is 10.5 Å². The summed E-state index contributed by atoms with van der Waals surface area (Å²) < 4.78 is 4.33. The Bertz CT molecular complexity index is 3250. The molecule has 56 heavy (non-hydrogen) atoms. The Morgan fingerprint density at radius 1 is 0.321 bits per heavy atom. The number of benzene rings is 9. The molecule has 0 unspecified atom stereocenters. The molecule has 11 rings (SSSR count). The van der Waals surface area contributed by atoms with Crippen molar-refractivity contribution in [1.82, 2.24) is 9.13 Å². The molecule has 0 aliphatic carbocycles. The largest absolute Gasteiger partial charge is 0.308 e. The van der Waals surface area contributed by atoms with Crippen LogP contribution in [0.4, 0.5) is 0 Å². The summed E-state index contributed by atoms with van der Waals surface area (Å²) in [5, 5.41) is 31.0. The van der Waals surface area contributed by atoms with Crippen molar-refractivity contribution in [2.75, 3.05) is 0 Å². The fraction of sp³-hybridized carbons (Fsp3) is 0. The number of rotatable bonds is 4. The van der Waals surface area contributed by atoms with E-state index >= 15 is 0 Å². The summed E-state index contributed by atoms with van der Waals surface area (Å²) in [7, 11) is 0. The topological polar surface area (TPSA) is 57.4 Å². The van der Waals surface area contributed by atoms with Crippen molar-refractivity contribution in [2.45, 2.75) is 0 Å². The molecule has 2 aromatic heterocycles. The van der Waals surface area contributed by atoms with Gasteiger partial charge in [-0.05, 0) is 92.3 Å². The summed E-state index contributed by atoms with van der Waals surface area (Å²) in [5.41, 5.74) is 10.7. The van der Waals surface area contributed by atoms with Crippen molar-refractivity contribution in [2.24, 2.45) is 0 Å². The Balaban J connectivity index is 1.21. The molecule has 0 fully saturated rings. The van der Waals surface area contributed by atoms with Gasteiger partial charge in [0.25, 0.3) is 0 Å². The van der Waals surface area contributed by atoms with Gasteiger partial charge in [-0.3, -0.25) is 0 Å². The molecule has 4 nitrogen and oxygen atoms in total. The molecule has 258 valence electrons. The highest BCUT2D eigenvalue weighted by Crippen LogP contribution is 2.43. The Morgan fingerprint density at radius 2 is 0.714 bits per heavy atom. The SMILES string of the molecule is N#Cc1cc(-n2c3ccc(-c4ccccc4)cc3c3c4ccccc4ccc32)c(C#N)cc1-n1c2ccc(-c3ccccc3)cc2c2c3ccccc3ccc21. The third-order valence-corrected chi connectivity index (χ3v) is 11.4. The minimum Gasteiger partial charge on any atom is -0.308 e. The molecular weight excluding hydrogens is 681 g/mol. The predicted octanol–water partition coefficient (Wildman–Crippen LogP) is 13.3. The summed E-state index contributed by atoms with van der Waals surface area (Å²) >= 11 is 0. The molecule has 9 aromatic carbocycles. The number of fused-ring (bicyclic) bond motifs is 10. The van der Waals surface area contributed by atoms with E-state index in [-0.39, 0.29) is 0 Å². The van der Waals surface area contributed by atoms with Gasteiger partial charge in [-0.1, -0.05) is 133 Å². The summed E-state index contributed by atoms with van der Waals surface area (Å²) in [5.74, 6) is 0. The fourth-order valence-electron chi connectivity index (χ4n) is 8.85. The van der Waals surface area contributed by atoms with E-state index in [2.05, 4.69) is 179 Å². The van der Waals surface area contributed by atoms with E-state index in [0.29, 0.717) is 22.5 Å². The van der Waals surface area contributed by atoms with Gasteiger partial charge in [0.1, 0.15) is 12.1 Å². The van der Waals surface area contributed by atoms with Gasteiger partial charge in [-0.15, -0.1) is 0 Å². The second kappa shape index (κ2) is 12.3. The first-order valence-electron chi connectivity index (χ1n) is 18.7. The lowest BCUT2D eigenvalue weighted by molar-refractivity contribution is 1.12. The molecule has 0 bridgehead atoms. The first-order valence-corrected chi connectivity index (χ1v) is 18.7.